The number of urea groups is 1. The van der Waals surface area contributed by atoms with Crippen molar-refractivity contribution in [3.63, 3.8) is 0 Å². The SMILES string of the molecule is CC(CCCNC(=O)Nc1ccc2sccc2c1)C(=O)O. The van der Waals surface area contributed by atoms with Crippen LogP contribution in [0.4, 0.5) is 10.5 Å². The van der Waals surface area contributed by atoms with Crippen LogP contribution in [0.1, 0.15) is 19.8 Å². The van der Waals surface area contributed by atoms with Crippen LogP contribution in [0.25, 0.3) is 10.1 Å². The van der Waals surface area contributed by atoms with Crippen molar-refractivity contribution in [3.8, 4) is 0 Å². The maximum atomic E-state index is 11.7. The Morgan fingerprint density at radius 3 is 2.90 bits per heavy atom. The van der Waals surface area contributed by atoms with Gasteiger partial charge in [0.25, 0.3) is 0 Å². The number of carbonyl (C=O) groups is 2. The molecule has 1 atom stereocenters. The van der Waals surface area contributed by atoms with Crippen molar-refractivity contribution in [2.45, 2.75) is 19.8 Å². The predicted molar refractivity (Wildman–Crippen MR) is 84.9 cm³/mol. The summed E-state index contributed by atoms with van der Waals surface area (Å²) in [5.74, 6) is -1.18. The van der Waals surface area contributed by atoms with Gasteiger partial charge in [-0.2, -0.15) is 0 Å². The van der Waals surface area contributed by atoms with Gasteiger partial charge in [0, 0.05) is 16.9 Å². The van der Waals surface area contributed by atoms with Crippen LogP contribution in [-0.4, -0.2) is 23.7 Å². The van der Waals surface area contributed by atoms with Gasteiger partial charge in [-0.25, -0.2) is 4.79 Å². The van der Waals surface area contributed by atoms with E-state index in [-0.39, 0.29) is 11.9 Å². The Morgan fingerprint density at radius 2 is 2.14 bits per heavy atom. The number of carboxylic acid groups (broad SMARTS) is 1. The topological polar surface area (TPSA) is 78.4 Å². The largest absolute Gasteiger partial charge is 0.481 e. The van der Waals surface area contributed by atoms with E-state index in [0.717, 1.165) is 11.1 Å². The molecule has 21 heavy (non-hydrogen) atoms. The smallest absolute Gasteiger partial charge is 0.319 e. The van der Waals surface area contributed by atoms with E-state index in [4.69, 9.17) is 5.11 Å². The van der Waals surface area contributed by atoms with Crippen molar-refractivity contribution in [1.29, 1.82) is 0 Å². The summed E-state index contributed by atoms with van der Waals surface area (Å²) in [5.41, 5.74) is 0.748. The van der Waals surface area contributed by atoms with E-state index in [1.165, 1.54) is 4.70 Å². The molecule has 0 aliphatic carbocycles. The van der Waals surface area contributed by atoms with Gasteiger partial charge in [0.2, 0.25) is 0 Å². The van der Waals surface area contributed by atoms with Gasteiger partial charge in [0.05, 0.1) is 5.92 Å². The maximum Gasteiger partial charge on any atom is 0.319 e. The highest BCUT2D eigenvalue weighted by Gasteiger charge is 2.10. The third-order valence-electron chi connectivity index (χ3n) is 3.23. The van der Waals surface area contributed by atoms with Crippen molar-refractivity contribution in [3.05, 3.63) is 29.6 Å². The average molecular weight is 306 g/mol. The number of anilines is 1. The number of aliphatic carboxylic acids is 1. The van der Waals surface area contributed by atoms with Crippen LogP contribution in [-0.2, 0) is 4.79 Å². The lowest BCUT2D eigenvalue weighted by atomic mass is 10.1. The molecule has 5 nitrogen and oxygen atoms in total. The molecule has 0 fully saturated rings. The van der Waals surface area contributed by atoms with Crippen molar-refractivity contribution in [2.75, 3.05) is 11.9 Å². The second kappa shape index (κ2) is 7.08. The molecule has 0 spiro atoms. The van der Waals surface area contributed by atoms with E-state index in [0.29, 0.717) is 19.4 Å². The number of fused-ring (bicyclic) bond motifs is 1. The lowest BCUT2D eigenvalue weighted by Gasteiger charge is -2.09. The van der Waals surface area contributed by atoms with Crippen LogP contribution in [0.3, 0.4) is 0 Å². The van der Waals surface area contributed by atoms with Gasteiger partial charge in [-0.1, -0.05) is 6.92 Å². The van der Waals surface area contributed by atoms with Crippen molar-refractivity contribution >= 4 is 39.1 Å². The molecule has 112 valence electrons. The highest BCUT2D eigenvalue weighted by molar-refractivity contribution is 7.17. The molecule has 1 heterocycles. The fraction of sp³-hybridized carbons (Fsp3) is 0.333. The minimum atomic E-state index is -0.802. The number of hydrogen-bond donors (Lipinski definition) is 3. The summed E-state index contributed by atoms with van der Waals surface area (Å²) in [4.78, 5) is 22.4. The molecule has 6 heteroatoms. The Hall–Kier alpha value is -2.08. The van der Waals surface area contributed by atoms with Crippen LogP contribution in [0.5, 0.6) is 0 Å². The first-order valence-corrected chi connectivity index (χ1v) is 7.69. The van der Waals surface area contributed by atoms with Gasteiger partial charge in [0.15, 0.2) is 0 Å². The molecule has 2 amide bonds. The fourth-order valence-corrected chi connectivity index (χ4v) is 2.72. The Morgan fingerprint density at radius 1 is 1.33 bits per heavy atom. The minimum absolute atomic E-state index is 0.271. The number of rotatable bonds is 6. The zero-order valence-corrected chi connectivity index (χ0v) is 12.6. The Bertz CT molecular complexity index is 639. The number of thiophene rings is 1. The van der Waals surface area contributed by atoms with Crippen LogP contribution in [0, 0.1) is 5.92 Å². The van der Waals surface area contributed by atoms with Gasteiger partial charge in [-0.3, -0.25) is 4.79 Å². The Kier molecular flexibility index (Phi) is 5.16. The third kappa shape index (κ3) is 4.46. The normalized spacial score (nSPS) is 12.0. The summed E-state index contributed by atoms with van der Waals surface area (Å²) in [5, 5.41) is 17.4. The summed E-state index contributed by atoms with van der Waals surface area (Å²) < 4.78 is 1.18. The summed E-state index contributed by atoms with van der Waals surface area (Å²) in [7, 11) is 0. The first-order chi connectivity index (χ1) is 10.1. The first kappa shape index (κ1) is 15.3. The monoisotopic (exact) mass is 306 g/mol. The molecular formula is C15H18N2O3S. The maximum absolute atomic E-state index is 11.7. The zero-order chi connectivity index (χ0) is 15.2. The van der Waals surface area contributed by atoms with E-state index in [1.807, 2.05) is 29.6 Å². The second-order valence-electron chi connectivity index (χ2n) is 4.94. The van der Waals surface area contributed by atoms with Crippen LogP contribution in [0.2, 0.25) is 0 Å². The molecule has 2 aromatic rings. The van der Waals surface area contributed by atoms with E-state index in [2.05, 4.69) is 10.6 Å². The molecule has 0 bridgehead atoms. The molecular weight excluding hydrogens is 288 g/mol. The van der Waals surface area contributed by atoms with Crippen LogP contribution >= 0.6 is 11.3 Å². The molecule has 3 N–H and O–H groups in total. The fourth-order valence-electron chi connectivity index (χ4n) is 1.95. The van der Waals surface area contributed by atoms with Crippen LogP contribution in [0.15, 0.2) is 29.6 Å². The number of benzene rings is 1. The van der Waals surface area contributed by atoms with E-state index in [9.17, 15) is 9.59 Å². The second-order valence-corrected chi connectivity index (χ2v) is 5.88. The molecule has 0 aliphatic rings. The molecule has 2 rings (SSSR count). The lowest BCUT2D eigenvalue weighted by molar-refractivity contribution is -0.141. The number of nitrogens with one attached hydrogen (secondary N) is 2. The van der Waals surface area contributed by atoms with Gasteiger partial charge in [-0.15, -0.1) is 11.3 Å². The van der Waals surface area contributed by atoms with Crippen molar-refractivity contribution in [1.82, 2.24) is 5.32 Å². The van der Waals surface area contributed by atoms with E-state index < -0.39 is 5.97 Å². The summed E-state index contributed by atoms with van der Waals surface area (Å²) in [6.07, 6.45) is 1.20. The highest BCUT2D eigenvalue weighted by atomic mass is 32.1. The quantitative estimate of drug-likeness (QED) is 0.714. The van der Waals surface area contributed by atoms with Gasteiger partial charge < -0.3 is 15.7 Å². The van der Waals surface area contributed by atoms with Crippen molar-refractivity contribution < 1.29 is 14.7 Å². The molecule has 0 saturated heterocycles. The predicted octanol–water partition coefficient (Wildman–Crippen LogP) is 3.52. The number of amides is 2. The van der Waals surface area contributed by atoms with E-state index >= 15 is 0 Å². The Balaban J connectivity index is 1.75. The average Bonchev–Trinajstić information content (AvgIpc) is 2.90. The molecule has 1 aromatic carbocycles. The molecule has 1 aromatic heterocycles. The zero-order valence-electron chi connectivity index (χ0n) is 11.8. The van der Waals surface area contributed by atoms with Gasteiger partial charge in [0.1, 0.15) is 0 Å². The number of carbonyl (C=O) groups excluding carboxylic acids is 1. The van der Waals surface area contributed by atoms with Gasteiger partial charge in [-0.05, 0) is 47.9 Å². The first-order valence-electron chi connectivity index (χ1n) is 6.81. The van der Waals surface area contributed by atoms with Crippen molar-refractivity contribution in [2.24, 2.45) is 5.92 Å². The number of carboxylic acids is 1. The summed E-state index contributed by atoms with van der Waals surface area (Å²) >= 11 is 1.66. The minimum Gasteiger partial charge on any atom is -0.481 e. The van der Waals surface area contributed by atoms with Gasteiger partial charge >= 0.3 is 12.0 Å². The molecule has 0 radical (unpaired) electrons. The number of hydrogen-bond acceptors (Lipinski definition) is 3. The van der Waals surface area contributed by atoms with E-state index in [1.54, 1.807) is 18.3 Å². The third-order valence-corrected chi connectivity index (χ3v) is 4.13. The van der Waals surface area contributed by atoms with Crippen LogP contribution < -0.4 is 10.6 Å². The summed E-state index contributed by atoms with van der Waals surface area (Å²) in [6, 6.07) is 7.51. The molecule has 0 aliphatic heterocycles. The Labute approximate surface area is 127 Å². The molecule has 0 saturated carbocycles. The molecule has 1 unspecified atom stereocenters. The summed E-state index contributed by atoms with van der Waals surface area (Å²) in [6.45, 7) is 2.13. The standard InChI is InChI=1S/C15H18N2O3S/c1-10(14(18)19)3-2-7-16-15(20)17-12-4-5-13-11(9-12)6-8-21-13/h4-6,8-10H,2-3,7H2,1H3,(H,18,19)(H2,16,17,20). The highest BCUT2D eigenvalue weighted by Crippen LogP contribution is 2.23. The lowest BCUT2D eigenvalue weighted by Crippen LogP contribution is -2.29.